The number of primary sulfonamides is 1. The van der Waals surface area contributed by atoms with Crippen LogP contribution < -0.4 is 5.14 Å². The molecule has 0 spiro atoms. The van der Waals surface area contributed by atoms with Crippen molar-refractivity contribution in [2.24, 2.45) is 5.14 Å². The zero-order valence-corrected chi connectivity index (χ0v) is 14.9. The molecule has 1 heterocycles. The summed E-state index contributed by atoms with van der Waals surface area (Å²) in [6.07, 6.45) is -0.126. The van der Waals surface area contributed by atoms with Gasteiger partial charge in [-0.15, -0.1) is 11.3 Å². The number of aliphatic hydroxyl groups excluding tert-OH is 1. The first-order valence-electron chi connectivity index (χ1n) is 7.44. The third-order valence-corrected chi connectivity index (χ3v) is 5.89. The van der Waals surface area contributed by atoms with Crippen molar-refractivity contribution in [1.82, 2.24) is 4.90 Å². The summed E-state index contributed by atoms with van der Waals surface area (Å²) < 4.78 is 22.7. The average molecular weight is 368 g/mol. The SMILES string of the molecule is CCC(O)CN(Cc1ccccc1)C(=O)c1csc(S(N)(=O)=O)c1. The fourth-order valence-electron chi connectivity index (χ4n) is 2.17. The quantitative estimate of drug-likeness (QED) is 0.778. The molecule has 1 aromatic carbocycles. The molecule has 8 heteroatoms. The lowest BCUT2D eigenvalue weighted by Crippen LogP contribution is -2.36. The standard InChI is InChI=1S/C16H20N2O4S2/c1-2-14(19)10-18(9-12-6-4-3-5-7-12)16(20)13-8-15(23-11-13)24(17,21)22/h3-8,11,14,19H,2,9-10H2,1H3,(H2,17,21,22). The van der Waals surface area contributed by atoms with E-state index in [4.69, 9.17) is 5.14 Å². The number of carbonyl (C=O) groups is 1. The van der Waals surface area contributed by atoms with E-state index in [1.807, 2.05) is 37.3 Å². The molecular formula is C16H20N2O4S2. The van der Waals surface area contributed by atoms with Gasteiger partial charge in [0.1, 0.15) is 4.21 Å². The van der Waals surface area contributed by atoms with E-state index in [1.54, 1.807) is 0 Å². The van der Waals surface area contributed by atoms with Crippen LogP contribution in [0.5, 0.6) is 0 Å². The lowest BCUT2D eigenvalue weighted by atomic mass is 10.1. The molecule has 6 nitrogen and oxygen atoms in total. The molecule has 2 aromatic rings. The van der Waals surface area contributed by atoms with Crippen LogP contribution >= 0.6 is 11.3 Å². The summed E-state index contributed by atoms with van der Waals surface area (Å²) in [7, 11) is -3.83. The highest BCUT2D eigenvalue weighted by molar-refractivity contribution is 7.91. The fraction of sp³-hybridized carbons (Fsp3) is 0.312. The number of amides is 1. The molecule has 0 aliphatic carbocycles. The second-order valence-corrected chi connectivity index (χ2v) is 8.13. The van der Waals surface area contributed by atoms with Gasteiger partial charge in [0.2, 0.25) is 10.0 Å². The van der Waals surface area contributed by atoms with E-state index in [-0.39, 0.29) is 22.2 Å². The Morgan fingerprint density at radius 3 is 2.54 bits per heavy atom. The van der Waals surface area contributed by atoms with Gasteiger partial charge in [-0.2, -0.15) is 0 Å². The van der Waals surface area contributed by atoms with Crippen molar-refractivity contribution >= 4 is 27.3 Å². The number of hydrogen-bond acceptors (Lipinski definition) is 5. The third kappa shape index (κ3) is 4.88. The van der Waals surface area contributed by atoms with E-state index in [2.05, 4.69) is 0 Å². The molecular weight excluding hydrogens is 348 g/mol. The smallest absolute Gasteiger partial charge is 0.255 e. The third-order valence-electron chi connectivity index (χ3n) is 3.51. The lowest BCUT2D eigenvalue weighted by Gasteiger charge is -2.25. The molecule has 0 aliphatic rings. The molecule has 0 fully saturated rings. The Morgan fingerprint density at radius 2 is 2.00 bits per heavy atom. The van der Waals surface area contributed by atoms with Gasteiger partial charge in [0.25, 0.3) is 5.91 Å². The Hall–Kier alpha value is -1.74. The van der Waals surface area contributed by atoms with Crippen molar-refractivity contribution in [2.75, 3.05) is 6.54 Å². The average Bonchev–Trinajstić information content (AvgIpc) is 3.04. The molecule has 0 radical (unpaired) electrons. The molecule has 0 saturated carbocycles. The van der Waals surface area contributed by atoms with Crippen LogP contribution in [0.4, 0.5) is 0 Å². The zero-order chi connectivity index (χ0) is 17.7. The summed E-state index contributed by atoms with van der Waals surface area (Å²) in [4.78, 5) is 14.2. The molecule has 0 bridgehead atoms. The van der Waals surface area contributed by atoms with Crippen LogP contribution in [0.2, 0.25) is 0 Å². The summed E-state index contributed by atoms with van der Waals surface area (Å²) in [5.41, 5.74) is 1.18. The molecule has 2 rings (SSSR count). The largest absolute Gasteiger partial charge is 0.391 e. The van der Waals surface area contributed by atoms with Gasteiger partial charge in [-0.3, -0.25) is 4.79 Å². The highest BCUT2D eigenvalue weighted by Gasteiger charge is 2.22. The number of benzene rings is 1. The highest BCUT2D eigenvalue weighted by atomic mass is 32.2. The first kappa shape index (κ1) is 18.6. The summed E-state index contributed by atoms with van der Waals surface area (Å²) in [6.45, 7) is 2.33. The molecule has 3 N–H and O–H groups in total. The van der Waals surface area contributed by atoms with E-state index in [9.17, 15) is 18.3 Å². The summed E-state index contributed by atoms with van der Waals surface area (Å²) >= 11 is 0.910. The maximum absolute atomic E-state index is 12.7. The van der Waals surface area contributed by atoms with Crippen molar-refractivity contribution in [1.29, 1.82) is 0 Å². The van der Waals surface area contributed by atoms with E-state index >= 15 is 0 Å². The molecule has 130 valence electrons. The molecule has 1 unspecified atom stereocenters. The number of thiophene rings is 1. The Balaban J connectivity index is 2.25. The van der Waals surface area contributed by atoms with E-state index in [0.29, 0.717) is 13.0 Å². The second-order valence-electron chi connectivity index (χ2n) is 5.43. The normalized spacial score (nSPS) is 12.8. The van der Waals surface area contributed by atoms with E-state index in [1.165, 1.54) is 16.3 Å². The number of nitrogens with zero attached hydrogens (tertiary/aromatic N) is 1. The first-order valence-corrected chi connectivity index (χ1v) is 9.86. The van der Waals surface area contributed by atoms with Crippen LogP contribution in [-0.2, 0) is 16.6 Å². The van der Waals surface area contributed by atoms with E-state index in [0.717, 1.165) is 16.9 Å². The Kier molecular flexibility index (Phi) is 6.11. The first-order chi connectivity index (χ1) is 11.3. The summed E-state index contributed by atoms with van der Waals surface area (Å²) in [5.74, 6) is -0.336. The van der Waals surface area contributed by atoms with Gasteiger partial charge < -0.3 is 10.0 Å². The van der Waals surface area contributed by atoms with Crippen molar-refractivity contribution in [3.63, 3.8) is 0 Å². The van der Waals surface area contributed by atoms with E-state index < -0.39 is 16.1 Å². The van der Waals surface area contributed by atoms with Crippen molar-refractivity contribution in [3.8, 4) is 0 Å². The molecule has 1 amide bonds. The minimum atomic E-state index is -3.83. The molecule has 24 heavy (non-hydrogen) atoms. The number of rotatable bonds is 7. The molecule has 0 saturated heterocycles. The van der Waals surface area contributed by atoms with Gasteiger partial charge in [-0.05, 0) is 18.1 Å². The summed E-state index contributed by atoms with van der Waals surface area (Å²) in [5, 5.41) is 16.5. The monoisotopic (exact) mass is 368 g/mol. The van der Waals surface area contributed by atoms with Crippen molar-refractivity contribution in [3.05, 3.63) is 52.9 Å². The molecule has 1 atom stereocenters. The number of hydrogen-bond donors (Lipinski definition) is 2. The molecule has 1 aromatic heterocycles. The lowest BCUT2D eigenvalue weighted by molar-refractivity contribution is 0.0599. The van der Waals surface area contributed by atoms with Crippen LogP contribution in [0.3, 0.4) is 0 Å². The van der Waals surface area contributed by atoms with Gasteiger partial charge in [0, 0.05) is 18.5 Å². The Morgan fingerprint density at radius 1 is 1.33 bits per heavy atom. The minimum absolute atomic E-state index is 0.0541. The number of nitrogens with two attached hydrogens (primary N) is 1. The van der Waals surface area contributed by atoms with Crippen LogP contribution in [0.15, 0.2) is 46.0 Å². The van der Waals surface area contributed by atoms with Gasteiger partial charge in [0.15, 0.2) is 0 Å². The zero-order valence-electron chi connectivity index (χ0n) is 13.3. The van der Waals surface area contributed by atoms with Crippen LogP contribution in [-0.4, -0.2) is 37.0 Å². The Bertz CT molecular complexity index is 787. The maximum Gasteiger partial charge on any atom is 0.255 e. The Labute approximate surface area is 145 Å². The predicted molar refractivity (Wildman–Crippen MR) is 93.2 cm³/mol. The van der Waals surface area contributed by atoms with Gasteiger partial charge in [-0.25, -0.2) is 13.6 Å². The van der Waals surface area contributed by atoms with Crippen molar-refractivity contribution < 1.29 is 18.3 Å². The number of aliphatic hydroxyl groups is 1. The van der Waals surface area contributed by atoms with Crippen molar-refractivity contribution in [2.45, 2.75) is 30.2 Å². The van der Waals surface area contributed by atoms with Gasteiger partial charge in [-0.1, -0.05) is 37.3 Å². The second kappa shape index (κ2) is 7.89. The number of sulfonamides is 1. The van der Waals surface area contributed by atoms with Crippen LogP contribution in [0.25, 0.3) is 0 Å². The summed E-state index contributed by atoms with van der Waals surface area (Å²) in [6, 6.07) is 10.7. The van der Waals surface area contributed by atoms with Gasteiger partial charge in [0.05, 0.1) is 11.7 Å². The van der Waals surface area contributed by atoms with Crippen LogP contribution in [0, 0.1) is 0 Å². The predicted octanol–water partition coefficient (Wildman–Crippen LogP) is 1.81. The fourth-order valence-corrected chi connectivity index (χ4v) is 3.75. The van der Waals surface area contributed by atoms with Gasteiger partial charge >= 0.3 is 0 Å². The highest BCUT2D eigenvalue weighted by Crippen LogP contribution is 2.21. The minimum Gasteiger partial charge on any atom is -0.391 e. The molecule has 0 aliphatic heterocycles. The maximum atomic E-state index is 12.7. The van der Waals surface area contributed by atoms with Crippen LogP contribution in [0.1, 0.15) is 29.3 Å². The topological polar surface area (TPSA) is 101 Å². The number of carbonyl (C=O) groups excluding carboxylic acids is 1.